The highest BCUT2D eigenvalue weighted by atomic mass is 16.6. The average Bonchev–Trinajstić information content (AvgIpc) is 2.67. The molecule has 1 unspecified atom stereocenters. The van der Waals surface area contributed by atoms with Crippen LogP contribution in [0.4, 0.5) is 0 Å². The van der Waals surface area contributed by atoms with E-state index >= 15 is 0 Å². The molecule has 0 radical (unpaired) electrons. The average molecular weight is 437 g/mol. The van der Waals surface area contributed by atoms with Crippen LogP contribution >= 0.6 is 0 Å². The third-order valence-corrected chi connectivity index (χ3v) is 4.79. The summed E-state index contributed by atoms with van der Waals surface area (Å²) < 4.78 is 20.3. The van der Waals surface area contributed by atoms with Crippen molar-refractivity contribution in [2.45, 2.75) is 53.0 Å². The topological polar surface area (TPSA) is 131 Å². The maximum atomic E-state index is 12.4. The second-order valence-electron chi connectivity index (χ2n) is 7.74. The van der Waals surface area contributed by atoms with Crippen LogP contribution in [0, 0.1) is 11.8 Å². The molecule has 0 aromatic heterocycles. The van der Waals surface area contributed by atoms with Crippen LogP contribution in [0.25, 0.3) is 0 Å². The number of hydrogen-bond acceptors (Lipinski definition) is 9. The molecular weight excluding hydrogens is 406 g/mol. The largest absolute Gasteiger partial charge is 0.468 e. The van der Waals surface area contributed by atoms with Crippen molar-refractivity contribution in [3.8, 4) is 11.5 Å². The SMILES string of the molecule is COC(=O)C(N)(CCOC(=O)[C@@H](C)C(C)C)Cc1ccc(OC(C)=O)c(OC(C)=O)c1. The van der Waals surface area contributed by atoms with Gasteiger partial charge in [-0.1, -0.05) is 26.8 Å². The lowest BCUT2D eigenvalue weighted by molar-refractivity contribution is -0.153. The number of ether oxygens (including phenoxy) is 4. The van der Waals surface area contributed by atoms with E-state index in [1.54, 1.807) is 13.0 Å². The minimum atomic E-state index is -1.49. The van der Waals surface area contributed by atoms with E-state index in [9.17, 15) is 19.2 Å². The van der Waals surface area contributed by atoms with Gasteiger partial charge in [-0.15, -0.1) is 0 Å². The molecule has 2 atom stereocenters. The molecule has 1 rings (SSSR count). The summed E-state index contributed by atoms with van der Waals surface area (Å²) in [5.41, 5.74) is 5.35. The standard InChI is InChI=1S/C22H31NO8/c1-13(2)14(3)20(26)29-10-9-22(23,21(27)28-6)12-17-7-8-18(30-15(4)24)19(11-17)31-16(5)25/h7-8,11,13-14H,9-10,12,23H2,1-6H3/t14-,22?/m0/s1. The van der Waals surface area contributed by atoms with Gasteiger partial charge in [0.05, 0.1) is 19.6 Å². The normalized spacial score (nSPS) is 13.7. The first-order chi connectivity index (χ1) is 14.4. The first kappa shape index (κ1) is 26.1. The number of methoxy groups -OCH3 is 1. The predicted octanol–water partition coefficient (Wildman–Crippen LogP) is 2.18. The molecule has 0 aliphatic carbocycles. The van der Waals surface area contributed by atoms with Gasteiger partial charge in [0.2, 0.25) is 0 Å². The molecule has 9 nitrogen and oxygen atoms in total. The molecule has 0 saturated heterocycles. The summed E-state index contributed by atoms with van der Waals surface area (Å²) in [7, 11) is 1.21. The minimum absolute atomic E-state index is 0.00553. The Morgan fingerprint density at radius 1 is 1.00 bits per heavy atom. The number of hydrogen-bond donors (Lipinski definition) is 1. The molecule has 0 heterocycles. The van der Waals surface area contributed by atoms with Gasteiger partial charge >= 0.3 is 23.9 Å². The van der Waals surface area contributed by atoms with Crippen LogP contribution < -0.4 is 15.2 Å². The lowest BCUT2D eigenvalue weighted by Crippen LogP contribution is -2.51. The molecule has 9 heteroatoms. The molecular formula is C22H31NO8. The van der Waals surface area contributed by atoms with Gasteiger partial charge in [0.1, 0.15) is 5.54 Å². The zero-order chi connectivity index (χ0) is 23.8. The Kier molecular flexibility index (Phi) is 9.64. The van der Waals surface area contributed by atoms with E-state index in [0.717, 1.165) is 0 Å². The van der Waals surface area contributed by atoms with Crippen LogP contribution in [-0.2, 0) is 35.1 Å². The smallest absolute Gasteiger partial charge is 0.326 e. The van der Waals surface area contributed by atoms with Crippen molar-refractivity contribution in [1.82, 2.24) is 0 Å². The van der Waals surface area contributed by atoms with Gasteiger partial charge in [-0.3, -0.25) is 19.2 Å². The van der Waals surface area contributed by atoms with Crippen molar-refractivity contribution >= 4 is 23.9 Å². The maximum absolute atomic E-state index is 12.4. The second kappa shape index (κ2) is 11.5. The Labute approximate surface area is 182 Å². The van der Waals surface area contributed by atoms with E-state index in [2.05, 4.69) is 0 Å². The van der Waals surface area contributed by atoms with Gasteiger partial charge in [-0.25, -0.2) is 0 Å². The highest BCUT2D eigenvalue weighted by molar-refractivity contribution is 5.81. The van der Waals surface area contributed by atoms with E-state index in [4.69, 9.17) is 24.7 Å². The van der Waals surface area contributed by atoms with Crippen molar-refractivity contribution in [1.29, 1.82) is 0 Å². The Balaban J connectivity index is 3.04. The van der Waals surface area contributed by atoms with Crippen LogP contribution in [0.2, 0.25) is 0 Å². The van der Waals surface area contributed by atoms with E-state index in [-0.39, 0.29) is 48.8 Å². The number of carbonyl (C=O) groups excluding carboxylic acids is 4. The summed E-state index contributed by atoms with van der Waals surface area (Å²) in [6.07, 6.45) is 0.0242. The zero-order valence-corrected chi connectivity index (χ0v) is 18.9. The molecule has 172 valence electrons. The first-order valence-corrected chi connectivity index (χ1v) is 9.93. The summed E-state index contributed by atoms with van der Waals surface area (Å²) in [6, 6.07) is 4.48. The molecule has 0 fully saturated rings. The summed E-state index contributed by atoms with van der Waals surface area (Å²) in [4.78, 5) is 47.1. The fourth-order valence-electron chi connectivity index (χ4n) is 2.70. The quantitative estimate of drug-likeness (QED) is 0.432. The summed E-state index contributed by atoms with van der Waals surface area (Å²) in [5.74, 6) is -2.33. The van der Waals surface area contributed by atoms with Gasteiger partial charge < -0.3 is 24.7 Å². The molecule has 0 aliphatic rings. The van der Waals surface area contributed by atoms with Crippen molar-refractivity contribution in [2.75, 3.05) is 13.7 Å². The molecule has 1 aromatic carbocycles. The van der Waals surface area contributed by atoms with Crippen molar-refractivity contribution in [3.63, 3.8) is 0 Å². The molecule has 1 aromatic rings. The van der Waals surface area contributed by atoms with E-state index in [1.165, 1.54) is 33.1 Å². The number of nitrogens with two attached hydrogens (primary N) is 1. The first-order valence-electron chi connectivity index (χ1n) is 9.93. The molecule has 0 spiro atoms. The maximum Gasteiger partial charge on any atom is 0.326 e. The zero-order valence-electron chi connectivity index (χ0n) is 18.9. The van der Waals surface area contributed by atoms with Gasteiger partial charge in [0, 0.05) is 26.7 Å². The monoisotopic (exact) mass is 437 g/mol. The van der Waals surface area contributed by atoms with Crippen LogP contribution in [-0.4, -0.2) is 43.1 Å². The van der Waals surface area contributed by atoms with E-state index in [1.807, 2.05) is 13.8 Å². The van der Waals surface area contributed by atoms with Crippen molar-refractivity contribution in [2.24, 2.45) is 17.6 Å². The third-order valence-electron chi connectivity index (χ3n) is 4.79. The Morgan fingerprint density at radius 2 is 1.58 bits per heavy atom. The molecule has 0 amide bonds. The Bertz CT molecular complexity index is 820. The van der Waals surface area contributed by atoms with E-state index in [0.29, 0.717) is 5.56 Å². The van der Waals surface area contributed by atoms with Crippen LogP contribution in [0.5, 0.6) is 11.5 Å². The highest BCUT2D eigenvalue weighted by Gasteiger charge is 2.36. The van der Waals surface area contributed by atoms with E-state index < -0.39 is 23.4 Å². The molecule has 0 aliphatic heterocycles. The highest BCUT2D eigenvalue weighted by Crippen LogP contribution is 2.31. The third kappa shape index (κ3) is 8.01. The summed E-state index contributed by atoms with van der Waals surface area (Å²) in [6.45, 7) is 7.95. The number of rotatable bonds is 10. The van der Waals surface area contributed by atoms with Gasteiger partial charge in [-0.2, -0.15) is 0 Å². The molecule has 2 N–H and O–H groups in total. The summed E-state index contributed by atoms with van der Waals surface area (Å²) >= 11 is 0. The Hall–Kier alpha value is -2.94. The van der Waals surface area contributed by atoms with Crippen LogP contribution in [0.15, 0.2) is 18.2 Å². The number of carbonyl (C=O) groups is 4. The minimum Gasteiger partial charge on any atom is -0.468 e. The summed E-state index contributed by atoms with van der Waals surface area (Å²) in [5, 5.41) is 0. The van der Waals surface area contributed by atoms with Gasteiger partial charge in [0.15, 0.2) is 11.5 Å². The van der Waals surface area contributed by atoms with Gasteiger partial charge in [0.25, 0.3) is 0 Å². The predicted molar refractivity (Wildman–Crippen MR) is 111 cm³/mol. The fraction of sp³-hybridized carbons (Fsp3) is 0.545. The van der Waals surface area contributed by atoms with Crippen molar-refractivity contribution < 1.29 is 38.1 Å². The molecule has 0 bridgehead atoms. The Morgan fingerprint density at radius 3 is 2.10 bits per heavy atom. The van der Waals surface area contributed by atoms with Crippen LogP contribution in [0.1, 0.15) is 46.6 Å². The van der Waals surface area contributed by atoms with Crippen molar-refractivity contribution in [3.05, 3.63) is 23.8 Å². The van der Waals surface area contributed by atoms with Gasteiger partial charge in [-0.05, 0) is 23.6 Å². The lowest BCUT2D eigenvalue weighted by atomic mass is 9.88. The lowest BCUT2D eigenvalue weighted by Gasteiger charge is -2.27. The molecule has 31 heavy (non-hydrogen) atoms. The van der Waals surface area contributed by atoms with Crippen LogP contribution in [0.3, 0.4) is 0 Å². The fourth-order valence-corrected chi connectivity index (χ4v) is 2.70. The number of benzene rings is 1. The second-order valence-corrected chi connectivity index (χ2v) is 7.74. The number of esters is 4. The molecule has 0 saturated carbocycles.